The SMILES string of the molecule is O=C1CC(C2=CCCC=CCCC=CCC2)C(=O)O1. The Kier molecular flexibility index (Phi) is 5.13. The Morgan fingerprint density at radius 2 is 1.53 bits per heavy atom. The van der Waals surface area contributed by atoms with Crippen molar-refractivity contribution >= 4 is 11.9 Å². The maximum Gasteiger partial charge on any atom is 0.321 e. The maximum absolute atomic E-state index is 11.6. The van der Waals surface area contributed by atoms with E-state index < -0.39 is 5.97 Å². The van der Waals surface area contributed by atoms with E-state index in [4.69, 9.17) is 0 Å². The molecule has 2 rings (SSSR count). The number of rotatable bonds is 1. The van der Waals surface area contributed by atoms with Crippen molar-refractivity contribution in [3.05, 3.63) is 36.0 Å². The van der Waals surface area contributed by atoms with Gasteiger partial charge in [0.15, 0.2) is 0 Å². The molecule has 3 nitrogen and oxygen atoms in total. The Bertz CT molecular complexity index is 429. The number of carbonyl (C=O) groups excluding carboxylic acids is 2. The molecule has 0 amide bonds. The summed E-state index contributed by atoms with van der Waals surface area (Å²) in [6.07, 6.45) is 16.9. The minimum Gasteiger partial charge on any atom is -0.393 e. The normalized spacial score (nSPS) is 25.5. The van der Waals surface area contributed by atoms with Crippen molar-refractivity contribution < 1.29 is 14.3 Å². The lowest BCUT2D eigenvalue weighted by Gasteiger charge is -2.10. The van der Waals surface area contributed by atoms with Gasteiger partial charge in [0.05, 0.1) is 12.3 Å². The van der Waals surface area contributed by atoms with Crippen LogP contribution in [0, 0.1) is 5.92 Å². The highest BCUT2D eigenvalue weighted by Gasteiger charge is 2.35. The summed E-state index contributed by atoms with van der Waals surface area (Å²) in [5.41, 5.74) is 1.06. The maximum atomic E-state index is 11.6. The summed E-state index contributed by atoms with van der Waals surface area (Å²) < 4.78 is 4.65. The third-order valence-corrected chi connectivity index (χ3v) is 3.49. The molecule has 1 fully saturated rings. The van der Waals surface area contributed by atoms with Gasteiger partial charge in [0.25, 0.3) is 0 Å². The van der Waals surface area contributed by atoms with Gasteiger partial charge in [-0.25, -0.2) is 0 Å². The largest absolute Gasteiger partial charge is 0.393 e. The van der Waals surface area contributed by atoms with Crippen LogP contribution in [-0.4, -0.2) is 11.9 Å². The summed E-state index contributed by atoms with van der Waals surface area (Å²) in [6, 6.07) is 0. The third kappa shape index (κ3) is 4.19. The molecule has 1 heterocycles. The van der Waals surface area contributed by atoms with E-state index in [9.17, 15) is 9.59 Å². The van der Waals surface area contributed by atoms with E-state index in [1.54, 1.807) is 0 Å². The molecule has 1 atom stereocenters. The van der Waals surface area contributed by atoms with Crippen LogP contribution in [0.2, 0.25) is 0 Å². The van der Waals surface area contributed by atoms with Crippen LogP contribution < -0.4 is 0 Å². The first kappa shape index (κ1) is 13.8. The topological polar surface area (TPSA) is 43.4 Å². The second-order valence-corrected chi connectivity index (χ2v) is 4.97. The number of hydrogen-bond donors (Lipinski definition) is 0. The van der Waals surface area contributed by atoms with Crippen molar-refractivity contribution in [2.75, 3.05) is 0 Å². The lowest BCUT2D eigenvalue weighted by Crippen LogP contribution is -2.10. The number of hydrogen-bond acceptors (Lipinski definition) is 3. The van der Waals surface area contributed by atoms with Gasteiger partial charge in [-0.3, -0.25) is 9.59 Å². The molecular weight excluding hydrogens is 240 g/mol. The molecule has 2 aliphatic rings. The summed E-state index contributed by atoms with van der Waals surface area (Å²) in [7, 11) is 0. The van der Waals surface area contributed by atoms with E-state index in [0.29, 0.717) is 0 Å². The van der Waals surface area contributed by atoms with Crippen molar-refractivity contribution in [2.45, 2.75) is 44.9 Å². The first-order valence-electron chi connectivity index (χ1n) is 7.01. The quantitative estimate of drug-likeness (QED) is 0.412. The first-order chi connectivity index (χ1) is 9.27. The number of allylic oxidation sites excluding steroid dienone is 5. The summed E-state index contributed by atoms with van der Waals surface area (Å²) in [5, 5.41) is 0. The fourth-order valence-electron chi connectivity index (χ4n) is 2.45. The summed E-state index contributed by atoms with van der Waals surface area (Å²) in [6.45, 7) is 0. The zero-order valence-corrected chi connectivity index (χ0v) is 11.1. The number of esters is 2. The molecule has 0 N–H and O–H groups in total. The highest BCUT2D eigenvalue weighted by molar-refractivity contribution is 5.96. The molecule has 19 heavy (non-hydrogen) atoms. The van der Waals surface area contributed by atoms with Crippen LogP contribution >= 0.6 is 0 Å². The fraction of sp³-hybridized carbons (Fsp3) is 0.500. The number of carbonyl (C=O) groups is 2. The van der Waals surface area contributed by atoms with Crippen LogP contribution in [0.1, 0.15) is 44.9 Å². The Morgan fingerprint density at radius 3 is 2.16 bits per heavy atom. The molecule has 0 bridgehead atoms. The van der Waals surface area contributed by atoms with Gasteiger partial charge >= 0.3 is 11.9 Å². The van der Waals surface area contributed by atoms with Crippen molar-refractivity contribution in [1.29, 1.82) is 0 Å². The van der Waals surface area contributed by atoms with Crippen molar-refractivity contribution in [3.63, 3.8) is 0 Å². The first-order valence-corrected chi connectivity index (χ1v) is 7.01. The average Bonchev–Trinajstić information content (AvgIpc) is 2.69. The van der Waals surface area contributed by atoms with E-state index in [-0.39, 0.29) is 18.3 Å². The van der Waals surface area contributed by atoms with Crippen LogP contribution in [0.25, 0.3) is 0 Å². The zero-order valence-electron chi connectivity index (χ0n) is 11.1. The third-order valence-electron chi connectivity index (χ3n) is 3.49. The molecular formula is C16H20O3. The molecule has 0 saturated carbocycles. The molecule has 3 heteroatoms. The zero-order chi connectivity index (χ0) is 13.5. The molecule has 0 aromatic carbocycles. The minimum atomic E-state index is -0.391. The smallest absolute Gasteiger partial charge is 0.321 e. The predicted octanol–water partition coefficient (Wildman–Crippen LogP) is 3.47. The van der Waals surface area contributed by atoms with E-state index in [1.165, 1.54) is 0 Å². The van der Waals surface area contributed by atoms with E-state index in [1.807, 2.05) is 0 Å². The van der Waals surface area contributed by atoms with E-state index in [0.717, 1.165) is 44.1 Å². The Morgan fingerprint density at radius 1 is 0.895 bits per heavy atom. The van der Waals surface area contributed by atoms with Gasteiger partial charge in [-0.15, -0.1) is 0 Å². The fourth-order valence-corrected chi connectivity index (χ4v) is 2.45. The predicted molar refractivity (Wildman–Crippen MR) is 73.3 cm³/mol. The van der Waals surface area contributed by atoms with E-state index >= 15 is 0 Å². The van der Waals surface area contributed by atoms with Gasteiger partial charge in [-0.05, 0) is 38.5 Å². The van der Waals surface area contributed by atoms with Crippen LogP contribution in [0.15, 0.2) is 36.0 Å². The van der Waals surface area contributed by atoms with Crippen molar-refractivity contribution in [3.8, 4) is 0 Å². The van der Waals surface area contributed by atoms with Gasteiger partial charge in [0.2, 0.25) is 0 Å². The van der Waals surface area contributed by atoms with Gasteiger partial charge in [-0.1, -0.05) is 36.0 Å². The summed E-state index contributed by atoms with van der Waals surface area (Å²) >= 11 is 0. The van der Waals surface area contributed by atoms with Gasteiger partial charge in [0.1, 0.15) is 0 Å². The molecule has 1 aliphatic heterocycles. The van der Waals surface area contributed by atoms with Gasteiger partial charge in [0, 0.05) is 0 Å². The number of cyclic esters (lactones) is 2. The van der Waals surface area contributed by atoms with E-state index in [2.05, 4.69) is 35.1 Å². The second kappa shape index (κ2) is 7.07. The minimum absolute atomic E-state index is 0.213. The molecule has 1 unspecified atom stereocenters. The molecule has 0 aromatic rings. The lowest BCUT2D eigenvalue weighted by atomic mass is 9.92. The van der Waals surface area contributed by atoms with Crippen LogP contribution in [0.3, 0.4) is 0 Å². The van der Waals surface area contributed by atoms with Crippen LogP contribution in [0.5, 0.6) is 0 Å². The molecule has 0 radical (unpaired) electrons. The van der Waals surface area contributed by atoms with Gasteiger partial charge < -0.3 is 4.74 Å². The molecule has 1 saturated heterocycles. The van der Waals surface area contributed by atoms with Crippen molar-refractivity contribution in [2.24, 2.45) is 5.92 Å². The Labute approximate surface area is 114 Å². The van der Waals surface area contributed by atoms with Gasteiger partial charge in [-0.2, -0.15) is 0 Å². The highest BCUT2D eigenvalue weighted by atomic mass is 16.6. The standard InChI is InChI=1S/C16H20O3/c17-15-12-14(16(18)19-15)13-10-8-6-4-2-1-3-5-7-9-11-13/h2,4-5,7,10,14H,1,3,6,8-9,11-12H2. The summed E-state index contributed by atoms with van der Waals surface area (Å²) in [4.78, 5) is 22.8. The molecule has 0 aromatic heterocycles. The Balaban J connectivity index is 2.06. The van der Waals surface area contributed by atoms with Crippen LogP contribution in [0.4, 0.5) is 0 Å². The number of ether oxygens (including phenoxy) is 1. The highest BCUT2D eigenvalue weighted by Crippen LogP contribution is 2.28. The lowest BCUT2D eigenvalue weighted by molar-refractivity contribution is -0.152. The molecule has 1 aliphatic carbocycles. The van der Waals surface area contributed by atoms with Crippen LogP contribution in [-0.2, 0) is 14.3 Å². The summed E-state index contributed by atoms with van der Waals surface area (Å²) in [5.74, 6) is -1.10. The van der Waals surface area contributed by atoms with Crippen molar-refractivity contribution in [1.82, 2.24) is 0 Å². The monoisotopic (exact) mass is 260 g/mol. The Hall–Kier alpha value is -1.64. The second-order valence-electron chi connectivity index (χ2n) is 4.97. The molecule has 0 spiro atoms. The molecule has 102 valence electrons. The average molecular weight is 260 g/mol.